The van der Waals surface area contributed by atoms with Gasteiger partial charge in [-0.25, -0.2) is 13.8 Å². The molecule has 1 amide bonds. The highest BCUT2D eigenvalue weighted by Crippen LogP contribution is 2.29. The van der Waals surface area contributed by atoms with Crippen molar-refractivity contribution in [3.8, 4) is 5.82 Å². The van der Waals surface area contributed by atoms with Crippen LogP contribution >= 0.6 is 0 Å². The van der Waals surface area contributed by atoms with E-state index >= 15 is 0 Å². The summed E-state index contributed by atoms with van der Waals surface area (Å²) in [6.07, 6.45) is -2.81. The van der Waals surface area contributed by atoms with Crippen LogP contribution in [0.2, 0.25) is 0 Å². The van der Waals surface area contributed by atoms with Crippen LogP contribution in [0, 0.1) is 0 Å². The number of alkyl halides is 2. The molecule has 35 heavy (non-hydrogen) atoms. The second kappa shape index (κ2) is 9.70. The predicted molar refractivity (Wildman–Crippen MR) is 125 cm³/mol. The van der Waals surface area contributed by atoms with Gasteiger partial charge in [-0.1, -0.05) is 12.1 Å². The summed E-state index contributed by atoms with van der Waals surface area (Å²) in [4.78, 5) is 29.7. The second-order valence-corrected chi connectivity index (χ2v) is 8.69. The molecule has 5 rings (SSSR count). The maximum atomic E-state index is 14.0. The van der Waals surface area contributed by atoms with Crippen LogP contribution in [-0.2, 0) is 9.53 Å². The van der Waals surface area contributed by atoms with Gasteiger partial charge in [0.2, 0.25) is 11.9 Å². The van der Waals surface area contributed by atoms with E-state index in [1.54, 1.807) is 42.2 Å². The highest BCUT2D eigenvalue weighted by atomic mass is 19.3. The first-order valence-electron chi connectivity index (χ1n) is 11.6. The van der Waals surface area contributed by atoms with Crippen molar-refractivity contribution >= 4 is 28.7 Å². The molecule has 2 aliphatic heterocycles. The van der Waals surface area contributed by atoms with Gasteiger partial charge in [0.15, 0.2) is 5.82 Å². The Hall–Kier alpha value is -3.38. The third-order valence-corrected chi connectivity index (χ3v) is 6.24. The number of benzene rings is 1. The number of likely N-dealkylation sites (tertiary alicyclic amines) is 1. The molecule has 2 N–H and O–H groups in total. The van der Waals surface area contributed by atoms with Crippen LogP contribution in [-0.4, -0.2) is 87.0 Å². The number of amides is 1. The standard InChI is InChI=1S/C23H27F2N7O3/c1-14(22(34)31-7-6-15(33)13-31)26-23-28-18(30-8-10-35-11-9-30)12-19(29-23)32-17-5-3-2-4-16(17)27-21(32)20(24)25/h2-5,12,14-15,20,33H,6-11,13H2,1H3,(H,26,28,29)/t14-,15+/m0/s1. The fourth-order valence-corrected chi connectivity index (χ4v) is 4.46. The van der Waals surface area contributed by atoms with Crippen LogP contribution in [0.4, 0.5) is 20.5 Å². The molecule has 0 radical (unpaired) electrons. The molecule has 2 atom stereocenters. The number of aliphatic hydroxyl groups is 1. The number of aliphatic hydroxyl groups excluding tert-OH is 1. The molecule has 2 saturated heterocycles. The van der Waals surface area contributed by atoms with Gasteiger partial charge in [-0.05, 0) is 25.5 Å². The van der Waals surface area contributed by atoms with Gasteiger partial charge in [0.05, 0.1) is 30.4 Å². The molecule has 1 aromatic carbocycles. The lowest BCUT2D eigenvalue weighted by molar-refractivity contribution is -0.130. The molecular formula is C23H27F2N7O3. The van der Waals surface area contributed by atoms with Gasteiger partial charge in [0, 0.05) is 32.2 Å². The molecule has 2 aliphatic rings. The zero-order valence-electron chi connectivity index (χ0n) is 19.3. The Bertz CT molecular complexity index is 1220. The number of rotatable bonds is 6. The normalized spacial score (nSPS) is 19.5. The Morgan fingerprint density at radius 1 is 1.14 bits per heavy atom. The fraction of sp³-hybridized carbons (Fsp3) is 0.478. The van der Waals surface area contributed by atoms with Gasteiger partial charge in [0.25, 0.3) is 6.43 Å². The Balaban J connectivity index is 1.54. The Morgan fingerprint density at radius 3 is 2.60 bits per heavy atom. The number of imidazole rings is 1. The number of nitrogens with one attached hydrogen (secondary N) is 1. The molecule has 2 fully saturated rings. The first-order valence-corrected chi connectivity index (χ1v) is 11.6. The highest BCUT2D eigenvalue weighted by molar-refractivity contribution is 5.84. The van der Waals surface area contributed by atoms with Crippen LogP contribution in [0.5, 0.6) is 0 Å². The largest absolute Gasteiger partial charge is 0.391 e. The molecule has 0 bridgehead atoms. The van der Waals surface area contributed by atoms with Crippen LogP contribution in [0.15, 0.2) is 30.3 Å². The van der Waals surface area contributed by atoms with E-state index in [1.807, 2.05) is 4.90 Å². The number of carbonyl (C=O) groups excluding carboxylic acids is 1. The molecule has 4 heterocycles. The van der Waals surface area contributed by atoms with Gasteiger partial charge in [-0.3, -0.25) is 9.36 Å². The lowest BCUT2D eigenvalue weighted by atomic mass is 10.3. The van der Waals surface area contributed by atoms with Crippen molar-refractivity contribution in [1.29, 1.82) is 0 Å². The molecule has 3 aromatic rings. The number of ether oxygens (including phenoxy) is 1. The van der Waals surface area contributed by atoms with Gasteiger partial charge in [-0.2, -0.15) is 9.97 Å². The minimum absolute atomic E-state index is 0.141. The van der Waals surface area contributed by atoms with Crippen molar-refractivity contribution in [2.24, 2.45) is 0 Å². The van der Waals surface area contributed by atoms with E-state index in [2.05, 4.69) is 20.3 Å². The first kappa shape index (κ1) is 23.4. The smallest absolute Gasteiger partial charge is 0.296 e. The van der Waals surface area contributed by atoms with Crippen LogP contribution in [0.3, 0.4) is 0 Å². The number of nitrogens with zero attached hydrogens (tertiary/aromatic N) is 6. The van der Waals surface area contributed by atoms with Crippen molar-refractivity contribution < 1.29 is 23.4 Å². The molecule has 0 saturated carbocycles. The monoisotopic (exact) mass is 487 g/mol. The number of halogens is 2. The molecule has 0 aliphatic carbocycles. The molecule has 2 aromatic heterocycles. The SMILES string of the molecule is C[C@H](Nc1nc(N2CCOCC2)cc(-n2c(C(F)F)nc3ccccc32)n1)C(=O)N1CC[C@@H](O)C1. The van der Waals surface area contributed by atoms with Crippen molar-refractivity contribution in [2.75, 3.05) is 49.6 Å². The number of β-amino-alcohol motifs (C(OH)–C–C–N with tert-alkyl or cyclic N) is 1. The summed E-state index contributed by atoms with van der Waals surface area (Å²) in [5, 5.41) is 12.8. The predicted octanol–water partition coefficient (Wildman–Crippen LogP) is 1.98. The molecular weight excluding hydrogens is 460 g/mol. The highest BCUT2D eigenvalue weighted by Gasteiger charge is 2.29. The maximum Gasteiger partial charge on any atom is 0.296 e. The Kier molecular flexibility index (Phi) is 6.48. The molecule has 186 valence electrons. The van der Waals surface area contributed by atoms with Crippen molar-refractivity contribution in [3.05, 3.63) is 36.2 Å². The fourth-order valence-electron chi connectivity index (χ4n) is 4.46. The van der Waals surface area contributed by atoms with Crippen LogP contribution in [0.1, 0.15) is 25.6 Å². The third kappa shape index (κ3) is 4.76. The van der Waals surface area contributed by atoms with Gasteiger partial charge in [0.1, 0.15) is 17.7 Å². The zero-order chi connectivity index (χ0) is 24.5. The Morgan fingerprint density at radius 2 is 1.89 bits per heavy atom. The Labute approximate surface area is 200 Å². The number of morpholine rings is 1. The van der Waals surface area contributed by atoms with Crippen LogP contribution < -0.4 is 10.2 Å². The van der Waals surface area contributed by atoms with Crippen LogP contribution in [0.25, 0.3) is 16.9 Å². The number of hydrogen-bond donors (Lipinski definition) is 2. The maximum absolute atomic E-state index is 14.0. The topological polar surface area (TPSA) is 109 Å². The summed E-state index contributed by atoms with van der Waals surface area (Å²) in [7, 11) is 0. The molecule has 12 heteroatoms. The average molecular weight is 488 g/mol. The second-order valence-electron chi connectivity index (χ2n) is 8.69. The molecule has 0 unspecified atom stereocenters. The van der Waals surface area contributed by atoms with E-state index in [-0.39, 0.29) is 24.2 Å². The quantitative estimate of drug-likeness (QED) is 0.544. The van der Waals surface area contributed by atoms with E-state index in [1.165, 1.54) is 4.57 Å². The zero-order valence-corrected chi connectivity index (χ0v) is 19.3. The van der Waals surface area contributed by atoms with Gasteiger partial charge in [-0.15, -0.1) is 0 Å². The lowest BCUT2D eigenvalue weighted by Crippen LogP contribution is -2.41. The number of para-hydroxylation sites is 2. The minimum Gasteiger partial charge on any atom is -0.391 e. The number of aromatic nitrogens is 4. The number of hydrogen-bond acceptors (Lipinski definition) is 8. The van der Waals surface area contributed by atoms with E-state index in [4.69, 9.17) is 4.74 Å². The van der Waals surface area contributed by atoms with E-state index in [9.17, 15) is 18.7 Å². The summed E-state index contributed by atoms with van der Waals surface area (Å²) in [6.45, 7) is 4.66. The number of anilines is 2. The number of carbonyl (C=O) groups is 1. The molecule has 0 spiro atoms. The van der Waals surface area contributed by atoms with Crippen molar-refractivity contribution in [2.45, 2.75) is 31.9 Å². The van der Waals surface area contributed by atoms with Gasteiger partial charge >= 0.3 is 0 Å². The molecule has 10 nitrogen and oxygen atoms in total. The summed E-state index contributed by atoms with van der Waals surface area (Å²) >= 11 is 0. The van der Waals surface area contributed by atoms with E-state index in [0.717, 1.165) is 0 Å². The minimum atomic E-state index is -2.82. The number of fused-ring (bicyclic) bond motifs is 1. The van der Waals surface area contributed by atoms with Crippen molar-refractivity contribution in [3.63, 3.8) is 0 Å². The van der Waals surface area contributed by atoms with Gasteiger partial charge < -0.3 is 25.0 Å². The van der Waals surface area contributed by atoms with E-state index in [0.29, 0.717) is 56.1 Å². The lowest BCUT2D eigenvalue weighted by Gasteiger charge is -2.29. The van der Waals surface area contributed by atoms with Crippen molar-refractivity contribution in [1.82, 2.24) is 24.4 Å². The first-order chi connectivity index (χ1) is 16.9. The summed E-state index contributed by atoms with van der Waals surface area (Å²) in [6, 6.07) is 7.85. The average Bonchev–Trinajstić information content (AvgIpc) is 3.48. The summed E-state index contributed by atoms with van der Waals surface area (Å²) in [5.41, 5.74) is 0.926. The summed E-state index contributed by atoms with van der Waals surface area (Å²) in [5.74, 6) is 0.297. The third-order valence-electron chi connectivity index (χ3n) is 6.24. The van der Waals surface area contributed by atoms with E-state index < -0.39 is 24.4 Å². The summed E-state index contributed by atoms with van der Waals surface area (Å²) < 4.78 is 34.7.